The van der Waals surface area contributed by atoms with Gasteiger partial charge in [-0.1, -0.05) is 263 Å². The minimum absolute atomic E-state index is 0.420. The van der Waals surface area contributed by atoms with Crippen molar-refractivity contribution in [2.45, 2.75) is 41.5 Å². The molecule has 14 heteroatoms. The van der Waals surface area contributed by atoms with Gasteiger partial charge in [-0.2, -0.15) is 24.9 Å². The molecule has 0 aliphatic rings. The van der Waals surface area contributed by atoms with Crippen molar-refractivity contribution < 1.29 is 0 Å². The van der Waals surface area contributed by atoms with E-state index in [0.29, 0.717) is 52.8 Å². The summed E-state index contributed by atoms with van der Waals surface area (Å²) in [6.07, 6.45) is 0. The zero-order valence-electron chi connectivity index (χ0n) is 56.3. The lowest BCUT2D eigenvalue weighted by Gasteiger charge is -2.24. The first-order valence-electron chi connectivity index (χ1n) is 34.1. The first-order chi connectivity index (χ1) is 49.5. The van der Waals surface area contributed by atoms with Crippen molar-refractivity contribution in [3.63, 3.8) is 0 Å². The van der Waals surface area contributed by atoms with Crippen molar-refractivity contribution in [1.82, 2.24) is 63.1 Å². The molecule has 0 fully saturated rings. The fourth-order valence-corrected chi connectivity index (χ4v) is 15.9. The summed E-state index contributed by atoms with van der Waals surface area (Å²) in [6, 6.07) is 93.3. The van der Waals surface area contributed by atoms with Crippen LogP contribution >= 0.6 is 0 Å². The Balaban J connectivity index is 0.902. The molecular formula is C87H62BN13. The Hall–Kier alpha value is -13.1. The Labute approximate surface area is 581 Å². The fourth-order valence-electron chi connectivity index (χ4n) is 15.9. The van der Waals surface area contributed by atoms with Gasteiger partial charge in [-0.05, 0) is 90.1 Å². The molecule has 0 bridgehead atoms. The van der Waals surface area contributed by atoms with E-state index in [1.165, 1.54) is 11.1 Å². The molecule has 0 radical (unpaired) electrons. The van der Waals surface area contributed by atoms with Gasteiger partial charge in [0.25, 0.3) is 6.71 Å². The quantitative estimate of drug-likeness (QED) is 0.116. The molecule has 7 heterocycles. The van der Waals surface area contributed by atoms with E-state index in [2.05, 4.69) is 205 Å². The van der Waals surface area contributed by atoms with Crippen LogP contribution in [0.4, 0.5) is 0 Å². The lowest BCUT2D eigenvalue weighted by atomic mass is 9.37. The molecule has 0 aliphatic carbocycles. The largest absolute Gasteiger partial charge is 0.291 e. The molecule has 0 unspecified atom stereocenters. The predicted molar refractivity (Wildman–Crippen MR) is 412 cm³/mol. The zero-order valence-corrected chi connectivity index (χ0v) is 56.3. The minimum Gasteiger partial charge on any atom is -0.278 e. The fraction of sp³-hybridized carbons (Fsp3) is 0.0690. The van der Waals surface area contributed by atoms with Crippen molar-refractivity contribution in [2.24, 2.45) is 0 Å². The number of para-hydroxylation sites is 4. The predicted octanol–water partition coefficient (Wildman–Crippen LogP) is 17.7. The summed E-state index contributed by atoms with van der Waals surface area (Å²) in [5.41, 5.74) is 21.1. The maximum Gasteiger partial charge on any atom is 0.291 e. The van der Waals surface area contributed by atoms with Gasteiger partial charge in [-0.15, -0.1) is 0 Å². The van der Waals surface area contributed by atoms with Gasteiger partial charge >= 0.3 is 0 Å². The van der Waals surface area contributed by atoms with Gasteiger partial charge in [-0.3, -0.25) is 18.3 Å². The average Bonchev–Trinajstić information content (AvgIpc) is 1.57. The monoisotopic (exact) mass is 1300 g/mol. The van der Waals surface area contributed by atoms with Crippen molar-refractivity contribution in [2.75, 3.05) is 0 Å². The molecule has 0 saturated heterocycles. The van der Waals surface area contributed by atoms with Crippen molar-refractivity contribution in [3.05, 3.63) is 300 Å². The summed E-state index contributed by atoms with van der Waals surface area (Å²) in [7, 11) is 0. The van der Waals surface area contributed by atoms with Gasteiger partial charge in [0.05, 0.1) is 44.1 Å². The van der Waals surface area contributed by atoms with Crippen molar-refractivity contribution in [3.8, 4) is 69.3 Å². The lowest BCUT2D eigenvalue weighted by Crippen LogP contribution is -2.58. The highest BCUT2D eigenvalue weighted by Gasteiger charge is 2.34. The summed E-state index contributed by atoms with van der Waals surface area (Å²) in [5.74, 6) is 4.32. The maximum atomic E-state index is 5.94. The van der Waals surface area contributed by atoms with Gasteiger partial charge in [0.2, 0.25) is 23.8 Å². The molecule has 19 rings (SSSR count). The molecule has 12 aromatic carbocycles. The third kappa shape index (κ3) is 9.65. The first kappa shape index (κ1) is 59.2. The Morgan fingerprint density at radius 1 is 0.218 bits per heavy atom. The van der Waals surface area contributed by atoms with Crippen LogP contribution in [0.15, 0.2) is 267 Å². The molecule has 0 spiro atoms. The van der Waals surface area contributed by atoms with E-state index in [-0.39, 0.29) is 0 Å². The number of hydrogen-bond donors (Lipinski definition) is 0. The molecule has 0 atom stereocenters. The highest BCUT2D eigenvalue weighted by atomic mass is 15.3. The first-order valence-corrected chi connectivity index (χ1v) is 34.1. The Kier molecular flexibility index (Phi) is 13.7. The molecule has 101 heavy (non-hydrogen) atoms. The molecule has 7 aromatic heterocycles. The third-order valence-electron chi connectivity index (χ3n) is 20.0. The zero-order chi connectivity index (χ0) is 67.7. The SMILES string of the molecule is Cc1cc(C)c(B(c2nc(-n3c4ccccc4c4cc5c(cc43)c3ccccc3n5-c3nc(-c4ccccc4)nc(-c4ccccc4)n3)nc(-n3c4ccccc4c4cc5c(cc43)c3ccccc3n5-c3nc(-c4ccccc4)nc(-c4ccccc4)n3)n2)c2c(C)cc(C)cc2C)c(C)c1. The molecule has 0 saturated carbocycles. The summed E-state index contributed by atoms with van der Waals surface area (Å²) < 4.78 is 8.92. The van der Waals surface area contributed by atoms with Crippen LogP contribution in [0, 0.1) is 41.5 Å². The standard InChI is InChI=1S/C87H62BN13/c1-51-43-53(3)77(54(4)44-51)88(78-55(5)45-52(2)46-56(78)6)83-95-86(100-71-41-25-21-37-63(71)67-47-73-65(49-75(67)100)61-35-19-23-39-69(61)98(73)84-91-79(57-27-11-7-12-28-57)89-80(92-84)58-29-13-8-14-30-58)97-87(96-83)101-72-42-26-22-38-64(72)68-48-74-66(50-76(68)101)62-36-20-24-40-70(62)99(74)85-93-81(59-31-15-9-16-32-59)90-82(94-85)60-33-17-10-18-34-60/h7-50H,1-6H3. The van der Waals surface area contributed by atoms with Gasteiger partial charge in [0, 0.05) is 65.3 Å². The number of nitrogens with zero attached hydrogens (tertiary/aromatic N) is 13. The summed E-state index contributed by atoms with van der Waals surface area (Å²) in [6.45, 7) is 12.9. The van der Waals surface area contributed by atoms with Crippen LogP contribution in [-0.2, 0) is 0 Å². The number of aromatic nitrogens is 13. The number of benzene rings is 12. The van der Waals surface area contributed by atoms with Crippen molar-refractivity contribution in [1.29, 1.82) is 0 Å². The van der Waals surface area contributed by atoms with Gasteiger partial charge in [0.1, 0.15) is 5.72 Å². The highest BCUT2D eigenvalue weighted by molar-refractivity contribution is 6.95. The van der Waals surface area contributed by atoms with E-state index in [9.17, 15) is 0 Å². The Morgan fingerprint density at radius 3 is 0.723 bits per heavy atom. The smallest absolute Gasteiger partial charge is 0.278 e. The maximum absolute atomic E-state index is 5.94. The average molecular weight is 1300 g/mol. The van der Waals surface area contributed by atoms with Gasteiger partial charge in [0.15, 0.2) is 23.3 Å². The third-order valence-corrected chi connectivity index (χ3v) is 20.0. The summed E-state index contributed by atoms with van der Waals surface area (Å²) >= 11 is 0. The van der Waals surface area contributed by atoms with Crippen LogP contribution in [0.25, 0.3) is 157 Å². The Morgan fingerprint density at radius 2 is 0.455 bits per heavy atom. The molecule has 0 amide bonds. The van der Waals surface area contributed by atoms with E-state index >= 15 is 0 Å². The number of aryl methyl sites for hydroxylation is 6. The van der Waals surface area contributed by atoms with E-state index in [4.69, 9.17) is 44.9 Å². The highest BCUT2D eigenvalue weighted by Crippen LogP contribution is 2.42. The van der Waals surface area contributed by atoms with Gasteiger partial charge < -0.3 is 0 Å². The summed E-state index contributed by atoms with van der Waals surface area (Å²) in [5, 5.41) is 8.19. The summed E-state index contributed by atoms with van der Waals surface area (Å²) in [4.78, 5) is 49.3. The molecule has 478 valence electrons. The van der Waals surface area contributed by atoms with E-state index in [0.717, 1.165) is 143 Å². The Bertz CT molecular complexity index is 6040. The molecular weight excluding hydrogens is 1240 g/mol. The minimum atomic E-state index is -0.420. The van der Waals surface area contributed by atoms with Crippen molar-refractivity contribution >= 4 is 111 Å². The van der Waals surface area contributed by atoms with Crippen LogP contribution < -0.4 is 16.6 Å². The number of rotatable bonds is 11. The molecule has 13 nitrogen and oxygen atoms in total. The molecule has 19 aromatic rings. The lowest BCUT2D eigenvalue weighted by molar-refractivity contribution is 0.905. The number of hydrogen-bond acceptors (Lipinski definition) is 9. The van der Waals surface area contributed by atoms with E-state index in [1.54, 1.807) is 0 Å². The van der Waals surface area contributed by atoms with Crippen LogP contribution in [0.3, 0.4) is 0 Å². The second kappa shape index (κ2) is 23.3. The molecule has 0 N–H and O–H groups in total. The van der Waals surface area contributed by atoms with Crippen LogP contribution in [-0.4, -0.2) is 69.8 Å². The van der Waals surface area contributed by atoms with Crippen LogP contribution in [0.5, 0.6) is 0 Å². The number of fused-ring (bicyclic) bond motifs is 12. The van der Waals surface area contributed by atoms with Crippen LogP contribution in [0.1, 0.15) is 33.4 Å². The topological polar surface area (TPSA) is 136 Å². The second-order valence-electron chi connectivity index (χ2n) is 26.6. The molecule has 0 aliphatic heterocycles. The van der Waals surface area contributed by atoms with E-state index in [1.807, 2.05) is 121 Å². The van der Waals surface area contributed by atoms with Gasteiger partial charge in [-0.25, -0.2) is 19.9 Å². The normalized spacial score (nSPS) is 11.9. The van der Waals surface area contributed by atoms with E-state index < -0.39 is 6.71 Å². The van der Waals surface area contributed by atoms with Crippen LogP contribution in [0.2, 0.25) is 0 Å². The second-order valence-corrected chi connectivity index (χ2v) is 26.6.